The number of carbonyl (C=O) groups is 3. The summed E-state index contributed by atoms with van der Waals surface area (Å²) in [4.78, 5) is 36.4. The minimum Gasteiger partial charge on any atom is -0.475 e. The summed E-state index contributed by atoms with van der Waals surface area (Å²) in [6.07, 6.45) is 1.39. The molecule has 182 valence electrons. The van der Waals surface area contributed by atoms with Crippen LogP contribution in [0.15, 0.2) is 65.1 Å². The van der Waals surface area contributed by atoms with Crippen molar-refractivity contribution in [3.05, 3.63) is 83.3 Å². The zero-order chi connectivity index (χ0) is 24.8. The summed E-state index contributed by atoms with van der Waals surface area (Å²) in [5.74, 6) is -1.53. The maximum Gasteiger partial charge on any atom is 0.407 e. The first-order valence-corrected chi connectivity index (χ1v) is 11.7. The van der Waals surface area contributed by atoms with Crippen molar-refractivity contribution >= 4 is 18.0 Å². The lowest BCUT2D eigenvalue weighted by atomic mass is 9.98. The van der Waals surface area contributed by atoms with E-state index in [-0.39, 0.29) is 30.7 Å². The molecule has 3 aromatic rings. The molecule has 0 unspecified atom stereocenters. The van der Waals surface area contributed by atoms with E-state index in [0.29, 0.717) is 12.2 Å². The molecule has 8 heteroatoms. The van der Waals surface area contributed by atoms with Crippen LogP contribution in [-0.4, -0.2) is 35.7 Å². The van der Waals surface area contributed by atoms with E-state index in [1.807, 2.05) is 43.3 Å². The third kappa shape index (κ3) is 5.54. The van der Waals surface area contributed by atoms with Gasteiger partial charge in [0.2, 0.25) is 11.7 Å². The van der Waals surface area contributed by atoms with Gasteiger partial charge >= 0.3 is 12.1 Å². The Balaban J connectivity index is 1.36. The van der Waals surface area contributed by atoms with E-state index >= 15 is 0 Å². The molecule has 0 spiro atoms. The van der Waals surface area contributed by atoms with Crippen molar-refractivity contribution in [3.63, 3.8) is 0 Å². The molecule has 0 bridgehead atoms. The number of hydrogen-bond donors (Lipinski definition) is 3. The third-order valence-corrected chi connectivity index (χ3v) is 6.11. The van der Waals surface area contributed by atoms with Crippen LogP contribution in [0.1, 0.15) is 59.5 Å². The first-order chi connectivity index (χ1) is 17.0. The van der Waals surface area contributed by atoms with Crippen LogP contribution < -0.4 is 10.6 Å². The van der Waals surface area contributed by atoms with Gasteiger partial charge in [-0.3, -0.25) is 4.79 Å². The van der Waals surface area contributed by atoms with Crippen LogP contribution >= 0.6 is 0 Å². The molecule has 4 rings (SSSR count). The number of fused-ring (bicyclic) bond motifs is 3. The van der Waals surface area contributed by atoms with E-state index in [0.717, 1.165) is 35.1 Å². The van der Waals surface area contributed by atoms with Crippen LogP contribution in [0.5, 0.6) is 0 Å². The summed E-state index contributed by atoms with van der Waals surface area (Å²) in [5, 5.41) is 14.3. The first-order valence-electron chi connectivity index (χ1n) is 11.7. The minimum atomic E-state index is -1.18. The van der Waals surface area contributed by atoms with Gasteiger partial charge in [0.25, 0.3) is 0 Å². The number of aromatic carboxylic acids is 1. The number of rotatable bonds is 10. The molecule has 2 aromatic carbocycles. The van der Waals surface area contributed by atoms with Gasteiger partial charge in [-0.25, -0.2) is 9.59 Å². The lowest BCUT2D eigenvalue weighted by Gasteiger charge is -2.19. The number of carboxylic acids is 1. The van der Waals surface area contributed by atoms with Gasteiger partial charge in [-0.2, -0.15) is 0 Å². The number of hydrogen-bond acceptors (Lipinski definition) is 5. The van der Waals surface area contributed by atoms with Gasteiger partial charge in [0.1, 0.15) is 18.4 Å². The van der Waals surface area contributed by atoms with Crippen molar-refractivity contribution < 1.29 is 28.6 Å². The van der Waals surface area contributed by atoms with Crippen molar-refractivity contribution in [1.82, 2.24) is 10.6 Å². The highest BCUT2D eigenvalue weighted by atomic mass is 16.5. The fourth-order valence-electron chi connectivity index (χ4n) is 4.34. The fraction of sp³-hybridized carbons (Fsp3) is 0.296. The quantitative estimate of drug-likeness (QED) is 0.391. The Morgan fingerprint density at radius 3 is 2.26 bits per heavy atom. The second-order valence-electron chi connectivity index (χ2n) is 8.45. The molecular weight excluding hydrogens is 448 g/mol. The second kappa shape index (κ2) is 10.9. The number of carbonyl (C=O) groups excluding carboxylic acids is 2. The maximum atomic E-state index is 12.7. The Kier molecular flexibility index (Phi) is 7.50. The van der Waals surface area contributed by atoms with E-state index in [4.69, 9.17) is 14.3 Å². The van der Waals surface area contributed by atoms with Crippen LogP contribution in [-0.2, 0) is 16.1 Å². The standard InChI is InChI=1S/C27H28N2O6/c1-2-3-12-23(25(30)28-15-17-13-14-24(35-17)26(31)32)29-27(33)34-16-22-20-10-6-4-8-18(20)19-9-5-7-11-21(19)22/h4-11,13-14,22-23H,2-3,12,15-16H2,1H3,(H,28,30)(H,29,33)(H,31,32)/t23-/m0/s1. The molecule has 0 aliphatic heterocycles. The van der Waals surface area contributed by atoms with Crippen LogP contribution in [0.25, 0.3) is 11.1 Å². The Labute approximate surface area is 203 Å². The molecule has 2 amide bonds. The Hall–Kier alpha value is -4.07. The maximum absolute atomic E-state index is 12.7. The number of carboxylic acid groups (broad SMARTS) is 1. The average Bonchev–Trinajstić information content (AvgIpc) is 3.47. The van der Waals surface area contributed by atoms with Crippen molar-refractivity contribution in [3.8, 4) is 11.1 Å². The third-order valence-electron chi connectivity index (χ3n) is 6.11. The number of ether oxygens (including phenoxy) is 1. The van der Waals surface area contributed by atoms with Gasteiger partial charge in [0.05, 0.1) is 6.54 Å². The summed E-state index contributed by atoms with van der Waals surface area (Å²) < 4.78 is 10.7. The molecule has 35 heavy (non-hydrogen) atoms. The predicted octanol–water partition coefficient (Wildman–Crippen LogP) is 4.69. The lowest BCUT2D eigenvalue weighted by Crippen LogP contribution is -2.46. The van der Waals surface area contributed by atoms with Crippen molar-refractivity contribution in [2.24, 2.45) is 0 Å². The SMILES string of the molecule is CCCC[C@H](NC(=O)OCC1c2ccccc2-c2ccccc21)C(=O)NCc1ccc(C(=O)O)o1. The monoisotopic (exact) mass is 476 g/mol. The molecule has 1 aliphatic rings. The topological polar surface area (TPSA) is 118 Å². The van der Waals surface area contributed by atoms with Gasteiger partial charge in [-0.1, -0.05) is 68.3 Å². The molecule has 1 atom stereocenters. The molecule has 8 nitrogen and oxygen atoms in total. The predicted molar refractivity (Wildman–Crippen MR) is 129 cm³/mol. The van der Waals surface area contributed by atoms with E-state index in [1.165, 1.54) is 12.1 Å². The van der Waals surface area contributed by atoms with E-state index in [2.05, 4.69) is 22.8 Å². The summed E-state index contributed by atoms with van der Waals surface area (Å²) in [7, 11) is 0. The summed E-state index contributed by atoms with van der Waals surface area (Å²) in [5.41, 5.74) is 4.50. The smallest absolute Gasteiger partial charge is 0.407 e. The Morgan fingerprint density at radius 2 is 1.66 bits per heavy atom. The second-order valence-corrected chi connectivity index (χ2v) is 8.45. The molecule has 3 N–H and O–H groups in total. The molecule has 0 radical (unpaired) electrons. The first kappa shape index (κ1) is 24.1. The molecular formula is C27H28N2O6. The number of furan rings is 1. The molecule has 0 saturated carbocycles. The lowest BCUT2D eigenvalue weighted by molar-refractivity contribution is -0.123. The highest BCUT2D eigenvalue weighted by Gasteiger charge is 2.29. The average molecular weight is 477 g/mol. The van der Waals surface area contributed by atoms with Gasteiger partial charge < -0.3 is 24.9 Å². The van der Waals surface area contributed by atoms with Crippen molar-refractivity contribution in [2.75, 3.05) is 6.61 Å². The summed E-state index contributed by atoms with van der Waals surface area (Å²) in [6.45, 7) is 2.17. The van der Waals surface area contributed by atoms with Crippen LogP contribution in [0, 0.1) is 0 Å². The van der Waals surface area contributed by atoms with Gasteiger partial charge in [0.15, 0.2) is 0 Å². The van der Waals surface area contributed by atoms with E-state index < -0.39 is 18.1 Å². The normalized spacial score (nSPS) is 12.9. The highest BCUT2D eigenvalue weighted by molar-refractivity contribution is 5.86. The minimum absolute atomic E-state index is 0.0150. The van der Waals surface area contributed by atoms with Gasteiger partial charge in [-0.15, -0.1) is 0 Å². The Morgan fingerprint density at radius 1 is 1.00 bits per heavy atom. The molecule has 0 saturated heterocycles. The summed E-state index contributed by atoms with van der Waals surface area (Å²) >= 11 is 0. The zero-order valence-corrected chi connectivity index (χ0v) is 19.5. The summed E-state index contributed by atoms with van der Waals surface area (Å²) in [6, 6.07) is 18.2. The molecule has 0 fully saturated rings. The molecule has 1 heterocycles. The molecule has 1 aromatic heterocycles. The zero-order valence-electron chi connectivity index (χ0n) is 19.5. The highest BCUT2D eigenvalue weighted by Crippen LogP contribution is 2.44. The Bertz CT molecular complexity index is 1170. The fourth-order valence-corrected chi connectivity index (χ4v) is 4.34. The van der Waals surface area contributed by atoms with E-state index in [1.54, 1.807) is 0 Å². The van der Waals surface area contributed by atoms with Crippen LogP contribution in [0.2, 0.25) is 0 Å². The number of alkyl carbamates (subject to hydrolysis) is 1. The number of benzene rings is 2. The van der Waals surface area contributed by atoms with Gasteiger partial charge in [-0.05, 0) is 40.8 Å². The van der Waals surface area contributed by atoms with Crippen LogP contribution in [0.3, 0.4) is 0 Å². The number of nitrogens with one attached hydrogen (secondary N) is 2. The molecule has 1 aliphatic carbocycles. The number of amides is 2. The van der Waals surface area contributed by atoms with Crippen molar-refractivity contribution in [1.29, 1.82) is 0 Å². The van der Waals surface area contributed by atoms with Gasteiger partial charge in [0, 0.05) is 5.92 Å². The van der Waals surface area contributed by atoms with Crippen molar-refractivity contribution in [2.45, 2.75) is 44.7 Å². The van der Waals surface area contributed by atoms with E-state index in [9.17, 15) is 14.4 Å². The van der Waals surface area contributed by atoms with Crippen LogP contribution in [0.4, 0.5) is 4.79 Å². The largest absolute Gasteiger partial charge is 0.475 e. The number of unbranched alkanes of at least 4 members (excludes halogenated alkanes) is 1.